The molecule has 3 heterocycles. The van der Waals surface area contributed by atoms with Crippen LogP contribution < -0.4 is 0 Å². The number of benzene rings is 1. The summed E-state index contributed by atoms with van der Waals surface area (Å²) >= 11 is 20.0. The van der Waals surface area contributed by atoms with E-state index in [1.807, 2.05) is 17.0 Å². The average Bonchev–Trinajstić information content (AvgIpc) is 3.42. The standard InChI is InChI=1S/C25H20Cl3N3O2S/c26-15-8-10-19(27)18(13-15)21-11-9-17(33-21)14-22-24(32)31(16-5-2-1-3-6-16)25(34-22)30-20-7-4-12-29-23(20)28/h4,7-14,16H,1-3,5-6H2/b22-14+,30-25?. The Morgan fingerprint density at radius 2 is 1.91 bits per heavy atom. The van der Waals surface area contributed by atoms with Gasteiger partial charge in [-0.1, -0.05) is 54.1 Å². The van der Waals surface area contributed by atoms with Crippen LogP contribution in [-0.4, -0.2) is 27.0 Å². The van der Waals surface area contributed by atoms with E-state index in [4.69, 9.17) is 44.2 Å². The van der Waals surface area contributed by atoms with Gasteiger partial charge < -0.3 is 4.42 Å². The van der Waals surface area contributed by atoms with Crippen molar-refractivity contribution in [2.75, 3.05) is 0 Å². The molecule has 1 saturated heterocycles. The summed E-state index contributed by atoms with van der Waals surface area (Å²) in [7, 11) is 0. The van der Waals surface area contributed by atoms with Crippen molar-refractivity contribution in [1.29, 1.82) is 0 Å². The summed E-state index contributed by atoms with van der Waals surface area (Å²) in [6.07, 6.45) is 8.66. The molecular weight excluding hydrogens is 513 g/mol. The molecule has 1 saturated carbocycles. The smallest absolute Gasteiger partial charge is 0.267 e. The average molecular weight is 533 g/mol. The normalized spacial score (nSPS) is 19.5. The number of furan rings is 1. The zero-order valence-corrected chi connectivity index (χ0v) is 21.1. The van der Waals surface area contributed by atoms with Crippen LogP contribution in [0.25, 0.3) is 17.4 Å². The fourth-order valence-corrected chi connectivity index (χ4v) is 5.76. The Kier molecular flexibility index (Phi) is 7.02. The number of amides is 1. The van der Waals surface area contributed by atoms with E-state index in [0.717, 1.165) is 25.7 Å². The molecule has 2 aromatic heterocycles. The third kappa shape index (κ3) is 4.91. The minimum absolute atomic E-state index is 0.0746. The van der Waals surface area contributed by atoms with Crippen molar-refractivity contribution in [2.45, 2.75) is 38.1 Å². The van der Waals surface area contributed by atoms with Crippen LogP contribution in [0.2, 0.25) is 15.2 Å². The van der Waals surface area contributed by atoms with Crippen molar-refractivity contribution in [3.05, 3.63) is 74.5 Å². The quantitative estimate of drug-likeness (QED) is 0.251. The molecule has 1 aromatic carbocycles. The SMILES string of the molecule is O=C1/C(=C\c2ccc(-c3cc(Cl)ccc3Cl)o2)SC(=Nc2cccnc2Cl)N1C1CCCCC1. The van der Waals surface area contributed by atoms with E-state index in [0.29, 0.717) is 48.0 Å². The lowest BCUT2D eigenvalue weighted by Crippen LogP contribution is -2.40. The molecule has 0 spiro atoms. The van der Waals surface area contributed by atoms with Crippen molar-refractivity contribution in [3.8, 4) is 11.3 Å². The molecule has 2 fully saturated rings. The van der Waals surface area contributed by atoms with Crippen LogP contribution in [0.4, 0.5) is 5.69 Å². The molecule has 2 aliphatic rings. The molecule has 5 nitrogen and oxygen atoms in total. The molecule has 0 unspecified atom stereocenters. The van der Waals surface area contributed by atoms with E-state index in [-0.39, 0.29) is 11.9 Å². The summed E-state index contributed by atoms with van der Waals surface area (Å²) in [4.78, 5) is 24.7. The number of rotatable bonds is 4. The molecule has 0 atom stereocenters. The minimum atomic E-state index is -0.0746. The zero-order valence-electron chi connectivity index (χ0n) is 18.0. The lowest BCUT2D eigenvalue weighted by molar-refractivity contribution is -0.124. The molecule has 1 aliphatic heterocycles. The molecule has 34 heavy (non-hydrogen) atoms. The number of carbonyl (C=O) groups is 1. The first-order chi connectivity index (χ1) is 16.5. The van der Waals surface area contributed by atoms with E-state index in [2.05, 4.69) is 4.98 Å². The Labute approximate surface area is 216 Å². The molecule has 5 rings (SSSR count). The van der Waals surface area contributed by atoms with E-state index < -0.39 is 0 Å². The van der Waals surface area contributed by atoms with Gasteiger partial charge in [-0.05, 0) is 67.1 Å². The van der Waals surface area contributed by atoms with Crippen molar-refractivity contribution in [3.63, 3.8) is 0 Å². The lowest BCUT2D eigenvalue weighted by atomic mass is 9.94. The molecular formula is C25H20Cl3N3O2S. The first-order valence-corrected chi connectivity index (χ1v) is 12.9. The van der Waals surface area contributed by atoms with E-state index >= 15 is 0 Å². The third-order valence-corrected chi connectivity index (χ3v) is 7.67. The minimum Gasteiger partial charge on any atom is -0.457 e. The van der Waals surface area contributed by atoms with Crippen molar-refractivity contribution in [2.24, 2.45) is 4.99 Å². The zero-order chi connectivity index (χ0) is 23.7. The summed E-state index contributed by atoms with van der Waals surface area (Å²) in [5.41, 5.74) is 1.24. The van der Waals surface area contributed by atoms with Crippen LogP contribution in [0.15, 0.2) is 63.0 Å². The van der Waals surface area contributed by atoms with Crippen LogP contribution in [-0.2, 0) is 4.79 Å². The second-order valence-electron chi connectivity index (χ2n) is 8.11. The second-order valence-corrected chi connectivity index (χ2v) is 10.3. The number of amidine groups is 1. The highest BCUT2D eigenvalue weighted by Gasteiger charge is 2.39. The Morgan fingerprint density at radius 1 is 1.09 bits per heavy atom. The van der Waals surface area contributed by atoms with Crippen molar-refractivity contribution >= 4 is 69.4 Å². The Morgan fingerprint density at radius 3 is 2.71 bits per heavy atom. The maximum absolute atomic E-state index is 13.5. The van der Waals surface area contributed by atoms with Crippen LogP contribution in [0.3, 0.4) is 0 Å². The highest BCUT2D eigenvalue weighted by atomic mass is 35.5. The predicted octanol–water partition coefficient (Wildman–Crippen LogP) is 8.24. The molecule has 1 aliphatic carbocycles. The Hall–Kier alpha value is -2.25. The largest absolute Gasteiger partial charge is 0.457 e. The topological polar surface area (TPSA) is 58.7 Å². The monoisotopic (exact) mass is 531 g/mol. The summed E-state index contributed by atoms with van der Waals surface area (Å²) in [5, 5.41) is 2.02. The molecule has 9 heteroatoms. The van der Waals surface area contributed by atoms with Gasteiger partial charge in [0.25, 0.3) is 5.91 Å². The van der Waals surface area contributed by atoms with Crippen LogP contribution in [0.1, 0.15) is 37.9 Å². The summed E-state index contributed by atoms with van der Waals surface area (Å²) in [6.45, 7) is 0. The second kappa shape index (κ2) is 10.2. The van der Waals surface area contributed by atoms with Gasteiger partial charge in [0.15, 0.2) is 10.3 Å². The van der Waals surface area contributed by atoms with Gasteiger partial charge in [-0.2, -0.15) is 0 Å². The summed E-state index contributed by atoms with van der Waals surface area (Å²) in [5.74, 6) is 1.05. The number of hydrogen-bond donors (Lipinski definition) is 0. The molecule has 174 valence electrons. The molecule has 0 bridgehead atoms. The highest BCUT2D eigenvalue weighted by molar-refractivity contribution is 8.18. The van der Waals surface area contributed by atoms with Crippen molar-refractivity contribution < 1.29 is 9.21 Å². The number of aromatic nitrogens is 1. The molecule has 0 radical (unpaired) electrons. The van der Waals surface area contributed by atoms with Gasteiger partial charge in [-0.25, -0.2) is 9.98 Å². The number of aliphatic imine (C=N–C) groups is 1. The molecule has 3 aromatic rings. The number of pyridine rings is 1. The van der Waals surface area contributed by atoms with Gasteiger partial charge in [0.1, 0.15) is 17.2 Å². The van der Waals surface area contributed by atoms with E-state index in [9.17, 15) is 4.79 Å². The number of thioether (sulfide) groups is 1. The Balaban J connectivity index is 1.49. The van der Waals surface area contributed by atoms with Crippen molar-refractivity contribution in [1.82, 2.24) is 9.88 Å². The summed E-state index contributed by atoms with van der Waals surface area (Å²) < 4.78 is 5.99. The van der Waals surface area contributed by atoms with Gasteiger partial charge in [0, 0.05) is 28.9 Å². The Bertz CT molecular complexity index is 1300. The predicted molar refractivity (Wildman–Crippen MR) is 140 cm³/mol. The van der Waals surface area contributed by atoms with Gasteiger partial charge in [0.2, 0.25) is 0 Å². The van der Waals surface area contributed by atoms with Gasteiger partial charge in [-0.3, -0.25) is 9.69 Å². The van der Waals surface area contributed by atoms with E-state index in [1.165, 1.54) is 18.2 Å². The third-order valence-electron chi connectivity index (χ3n) is 5.83. The summed E-state index contributed by atoms with van der Waals surface area (Å²) in [6, 6.07) is 12.5. The van der Waals surface area contributed by atoms with Crippen LogP contribution in [0.5, 0.6) is 0 Å². The van der Waals surface area contributed by atoms with Crippen LogP contribution >= 0.6 is 46.6 Å². The van der Waals surface area contributed by atoms with E-state index in [1.54, 1.807) is 42.6 Å². The highest BCUT2D eigenvalue weighted by Crippen LogP contribution is 2.40. The fourth-order valence-electron chi connectivity index (χ4n) is 4.18. The number of hydrogen-bond acceptors (Lipinski definition) is 5. The van der Waals surface area contributed by atoms with Crippen LogP contribution in [0, 0.1) is 0 Å². The first-order valence-electron chi connectivity index (χ1n) is 11.0. The maximum atomic E-state index is 13.5. The lowest BCUT2D eigenvalue weighted by Gasteiger charge is -2.30. The first kappa shape index (κ1) is 23.5. The molecule has 1 amide bonds. The number of nitrogens with zero attached hydrogens (tertiary/aromatic N) is 3. The van der Waals surface area contributed by atoms with Gasteiger partial charge >= 0.3 is 0 Å². The van der Waals surface area contributed by atoms with Gasteiger partial charge in [0.05, 0.1) is 9.93 Å². The number of halogens is 3. The van der Waals surface area contributed by atoms with Gasteiger partial charge in [-0.15, -0.1) is 0 Å². The maximum Gasteiger partial charge on any atom is 0.267 e. The number of carbonyl (C=O) groups excluding carboxylic acids is 1. The fraction of sp³-hybridized carbons (Fsp3) is 0.240. The molecule has 0 N–H and O–H groups in total.